The summed E-state index contributed by atoms with van der Waals surface area (Å²) in [7, 11) is 0. The zero-order valence-corrected chi connectivity index (χ0v) is 9.95. The van der Waals surface area contributed by atoms with Crippen LogP contribution in [0.4, 0.5) is 13.2 Å². The molecular weight excluding hydrogens is 276 g/mol. The van der Waals surface area contributed by atoms with E-state index in [-0.39, 0.29) is 15.8 Å². The third-order valence-corrected chi connectivity index (χ3v) is 2.70. The van der Waals surface area contributed by atoms with Gasteiger partial charge in [0.25, 0.3) is 0 Å². The van der Waals surface area contributed by atoms with Crippen LogP contribution >= 0.6 is 23.2 Å². The Labute approximate surface area is 104 Å². The lowest BCUT2D eigenvalue weighted by atomic mass is 10.1. The van der Waals surface area contributed by atoms with Crippen LogP contribution in [0.3, 0.4) is 0 Å². The number of hydrogen-bond acceptors (Lipinski definition) is 2. The highest BCUT2D eigenvalue weighted by Crippen LogP contribution is 2.34. The Morgan fingerprint density at radius 1 is 1.12 bits per heavy atom. The fraction of sp³-hybridized carbons (Fsp3) is 0.200. The van der Waals surface area contributed by atoms with Crippen LogP contribution in [0.1, 0.15) is 11.1 Å². The average Bonchev–Trinajstić information content (AvgIpc) is 2.17. The summed E-state index contributed by atoms with van der Waals surface area (Å²) in [5.41, 5.74) is -0.112. The Bertz CT molecular complexity index is 596. The first-order valence-corrected chi connectivity index (χ1v) is 5.25. The molecule has 2 rings (SSSR count). The highest BCUT2D eigenvalue weighted by molar-refractivity contribution is 6.35. The Kier molecular flexibility index (Phi) is 2.91. The highest BCUT2D eigenvalue weighted by Gasteiger charge is 2.31. The van der Waals surface area contributed by atoms with E-state index in [4.69, 9.17) is 23.2 Å². The lowest BCUT2D eigenvalue weighted by molar-refractivity contribution is -0.137. The maximum atomic E-state index is 12.6. The molecule has 0 saturated heterocycles. The van der Waals surface area contributed by atoms with E-state index in [9.17, 15) is 13.2 Å². The molecule has 2 aromatic rings. The number of aromatic nitrogens is 2. The van der Waals surface area contributed by atoms with Gasteiger partial charge < -0.3 is 0 Å². The molecule has 0 spiro atoms. The Balaban J connectivity index is 2.83. The van der Waals surface area contributed by atoms with E-state index in [0.29, 0.717) is 11.1 Å². The van der Waals surface area contributed by atoms with Crippen LogP contribution < -0.4 is 0 Å². The van der Waals surface area contributed by atoms with Crippen LogP contribution in [0.2, 0.25) is 10.4 Å². The van der Waals surface area contributed by atoms with Crippen LogP contribution in [-0.2, 0) is 6.18 Å². The van der Waals surface area contributed by atoms with Gasteiger partial charge in [-0.3, -0.25) is 0 Å². The van der Waals surface area contributed by atoms with Crippen molar-refractivity contribution in [3.8, 4) is 0 Å². The standard InChI is InChI=1S/C10H5Cl2F3N2/c1-4-2-5(10(13,14)15)3-6-7(4)16-9(12)17-8(6)11/h2-3H,1H3. The maximum absolute atomic E-state index is 12.6. The lowest BCUT2D eigenvalue weighted by Gasteiger charge is -2.10. The zero-order chi connectivity index (χ0) is 12.8. The van der Waals surface area contributed by atoms with E-state index in [1.54, 1.807) is 0 Å². The summed E-state index contributed by atoms with van der Waals surface area (Å²) in [4.78, 5) is 7.48. The third-order valence-electron chi connectivity index (χ3n) is 2.24. The number of nitrogens with zero attached hydrogens (tertiary/aromatic N) is 2. The number of benzene rings is 1. The summed E-state index contributed by atoms with van der Waals surface area (Å²) in [5.74, 6) is 0. The number of halogens is 5. The van der Waals surface area contributed by atoms with E-state index in [1.807, 2.05) is 0 Å². The molecule has 0 aliphatic carbocycles. The molecule has 1 aromatic heterocycles. The molecule has 1 aromatic carbocycles. The Morgan fingerprint density at radius 3 is 2.35 bits per heavy atom. The number of alkyl halides is 3. The summed E-state index contributed by atoms with van der Waals surface area (Å²) in [6, 6.07) is 1.92. The van der Waals surface area contributed by atoms with Gasteiger partial charge >= 0.3 is 6.18 Å². The van der Waals surface area contributed by atoms with Crippen molar-refractivity contribution in [2.75, 3.05) is 0 Å². The van der Waals surface area contributed by atoms with Crippen molar-refractivity contribution in [2.45, 2.75) is 13.1 Å². The zero-order valence-electron chi connectivity index (χ0n) is 8.44. The third kappa shape index (κ3) is 2.30. The fourth-order valence-electron chi connectivity index (χ4n) is 1.51. The average molecular weight is 281 g/mol. The number of hydrogen-bond donors (Lipinski definition) is 0. The van der Waals surface area contributed by atoms with Crippen LogP contribution in [-0.4, -0.2) is 9.97 Å². The normalized spacial score (nSPS) is 12.1. The first-order valence-electron chi connectivity index (χ1n) is 4.49. The molecule has 7 heteroatoms. The van der Waals surface area contributed by atoms with Gasteiger partial charge in [0.1, 0.15) is 5.15 Å². The SMILES string of the molecule is Cc1cc(C(F)(F)F)cc2c(Cl)nc(Cl)nc12. The van der Waals surface area contributed by atoms with Crippen molar-refractivity contribution in [3.63, 3.8) is 0 Å². The molecule has 0 amide bonds. The fourth-order valence-corrected chi connectivity index (χ4v) is 1.94. The Morgan fingerprint density at radius 2 is 1.76 bits per heavy atom. The van der Waals surface area contributed by atoms with Crippen LogP contribution in [0, 0.1) is 6.92 Å². The van der Waals surface area contributed by atoms with E-state index in [1.165, 1.54) is 6.92 Å². The molecule has 0 radical (unpaired) electrons. The summed E-state index contributed by atoms with van der Waals surface area (Å²) in [6.07, 6.45) is -4.43. The van der Waals surface area contributed by atoms with E-state index in [2.05, 4.69) is 9.97 Å². The summed E-state index contributed by atoms with van der Waals surface area (Å²) < 4.78 is 37.8. The second kappa shape index (κ2) is 3.99. The minimum Gasteiger partial charge on any atom is -0.218 e. The molecule has 0 atom stereocenters. The molecule has 0 saturated carbocycles. The van der Waals surface area contributed by atoms with Gasteiger partial charge in [0.15, 0.2) is 0 Å². The minimum atomic E-state index is -4.43. The molecule has 0 fully saturated rings. The van der Waals surface area contributed by atoms with Crippen molar-refractivity contribution < 1.29 is 13.2 Å². The first kappa shape index (κ1) is 12.4. The number of fused-ring (bicyclic) bond motifs is 1. The molecule has 0 bridgehead atoms. The number of rotatable bonds is 0. The van der Waals surface area contributed by atoms with Crippen molar-refractivity contribution in [1.82, 2.24) is 9.97 Å². The highest BCUT2D eigenvalue weighted by atomic mass is 35.5. The molecule has 2 nitrogen and oxygen atoms in total. The van der Waals surface area contributed by atoms with Gasteiger partial charge in [-0.1, -0.05) is 11.6 Å². The molecule has 1 heterocycles. The van der Waals surface area contributed by atoms with E-state index in [0.717, 1.165) is 12.1 Å². The van der Waals surface area contributed by atoms with Crippen molar-refractivity contribution in [1.29, 1.82) is 0 Å². The van der Waals surface area contributed by atoms with Gasteiger partial charge in [0, 0.05) is 5.39 Å². The quantitative estimate of drug-likeness (QED) is 0.532. The monoisotopic (exact) mass is 280 g/mol. The molecular formula is C10H5Cl2F3N2. The first-order chi connectivity index (χ1) is 7.79. The molecule has 0 aliphatic rings. The lowest BCUT2D eigenvalue weighted by Crippen LogP contribution is -2.06. The van der Waals surface area contributed by atoms with Gasteiger partial charge in [0.2, 0.25) is 5.28 Å². The van der Waals surface area contributed by atoms with Gasteiger partial charge in [-0.05, 0) is 36.2 Å². The summed E-state index contributed by atoms with van der Waals surface area (Å²) >= 11 is 11.4. The summed E-state index contributed by atoms with van der Waals surface area (Å²) in [6.45, 7) is 1.51. The maximum Gasteiger partial charge on any atom is 0.416 e. The van der Waals surface area contributed by atoms with Gasteiger partial charge in [0.05, 0.1) is 11.1 Å². The van der Waals surface area contributed by atoms with Crippen molar-refractivity contribution in [2.24, 2.45) is 0 Å². The van der Waals surface area contributed by atoms with Crippen molar-refractivity contribution in [3.05, 3.63) is 33.7 Å². The van der Waals surface area contributed by atoms with Crippen LogP contribution in [0.5, 0.6) is 0 Å². The Hall–Kier alpha value is -1.07. The largest absolute Gasteiger partial charge is 0.416 e. The number of aryl methyl sites for hydroxylation is 1. The second-order valence-electron chi connectivity index (χ2n) is 3.47. The molecule has 17 heavy (non-hydrogen) atoms. The molecule has 0 unspecified atom stereocenters. The summed E-state index contributed by atoms with van der Waals surface area (Å²) in [5, 5.41) is -0.0389. The smallest absolute Gasteiger partial charge is 0.218 e. The van der Waals surface area contributed by atoms with Crippen LogP contribution in [0.25, 0.3) is 10.9 Å². The molecule has 0 N–H and O–H groups in total. The van der Waals surface area contributed by atoms with Crippen LogP contribution in [0.15, 0.2) is 12.1 Å². The van der Waals surface area contributed by atoms with Gasteiger partial charge in [-0.15, -0.1) is 0 Å². The molecule has 90 valence electrons. The van der Waals surface area contributed by atoms with E-state index < -0.39 is 11.7 Å². The minimum absolute atomic E-state index is 0.0887. The predicted molar refractivity (Wildman–Crippen MR) is 59.3 cm³/mol. The molecule has 0 aliphatic heterocycles. The van der Waals surface area contributed by atoms with Gasteiger partial charge in [-0.2, -0.15) is 13.2 Å². The van der Waals surface area contributed by atoms with E-state index >= 15 is 0 Å². The predicted octanol–water partition coefficient (Wildman–Crippen LogP) is 4.26. The van der Waals surface area contributed by atoms with Gasteiger partial charge in [-0.25, -0.2) is 9.97 Å². The van der Waals surface area contributed by atoms with Crippen molar-refractivity contribution >= 4 is 34.1 Å². The topological polar surface area (TPSA) is 25.8 Å². The second-order valence-corrected chi connectivity index (χ2v) is 4.17.